The van der Waals surface area contributed by atoms with Crippen molar-refractivity contribution >= 4 is 10.9 Å². The zero-order chi connectivity index (χ0) is 16.8. The first-order chi connectivity index (χ1) is 11.8. The number of hydrogen-bond acceptors (Lipinski definition) is 4. The van der Waals surface area contributed by atoms with Crippen molar-refractivity contribution in [2.75, 3.05) is 13.3 Å². The zero-order valence-corrected chi connectivity index (χ0v) is 13.1. The molecule has 0 aliphatic heterocycles. The molecule has 124 valence electrons. The summed E-state index contributed by atoms with van der Waals surface area (Å²) in [5, 5.41) is 10.2. The van der Waals surface area contributed by atoms with Crippen molar-refractivity contribution in [1.82, 2.24) is 4.98 Å². The minimum Gasteiger partial charge on any atom is -0.493 e. The molecule has 0 aliphatic carbocycles. The van der Waals surface area contributed by atoms with E-state index in [1.54, 1.807) is 24.3 Å². The summed E-state index contributed by atoms with van der Waals surface area (Å²) in [6, 6.07) is 18.1. The Morgan fingerprint density at radius 3 is 2.62 bits per heavy atom. The van der Waals surface area contributed by atoms with Gasteiger partial charge in [0.2, 0.25) is 5.88 Å². The van der Waals surface area contributed by atoms with E-state index in [1.165, 1.54) is 6.07 Å². The molecule has 0 aliphatic rings. The van der Waals surface area contributed by atoms with Gasteiger partial charge in [-0.3, -0.25) is 0 Å². The molecule has 4 nitrogen and oxygen atoms in total. The van der Waals surface area contributed by atoms with Crippen LogP contribution < -0.4 is 4.74 Å². The normalized spacial score (nSPS) is 12.2. The van der Waals surface area contributed by atoms with Crippen LogP contribution >= 0.6 is 0 Å². The molecule has 1 heterocycles. The Labute approximate surface area is 139 Å². The van der Waals surface area contributed by atoms with E-state index in [4.69, 9.17) is 9.47 Å². The lowest BCUT2D eigenvalue weighted by atomic mass is 10.2. The van der Waals surface area contributed by atoms with Gasteiger partial charge in [-0.2, -0.15) is 0 Å². The maximum Gasteiger partial charge on any atom is 0.211 e. The van der Waals surface area contributed by atoms with Gasteiger partial charge in [0.05, 0.1) is 18.7 Å². The number of ether oxygens (including phenoxy) is 2. The highest BCUT2D eigenvalue weighted by atomic mass is 19.1. The maximum atomic E-state index is 13.3. The van der Waals surface area contributed by atoms with E-state index < -0.39 is 12.8 Å². The molecule has 3 rings (SSSR count). The predicted molar refractivity (Wildman–Crippen MR) is 89.9 cm³/mol. The summed E-state index contributed by atoms with van der Waals surface area (Å²) >= 11 is 0. The van der Waals surface area contributed by atoms with Crippen molar-refractivity contribution in [3.63, 3.8) is 0 Å². The van der Waals surface area contributed by atoms with Gasteiger partial charge < -0.3 is 14.6 Å². The summed E-state index contributed by atoms with van der Waals surface area (Å²) < 4.78 is 24.6. The molecule has 0 saturated carbocycles. The lowest BCUT2D eigenvalue weighted by Crippen LogP contribution is -2.25. The number of rotatable bonds is 7. The molecule has 3 aromatic rings. The average molecular weight is 327 g/mol. The lowest BCUT2D eigenvalue weighted by Gasteiger charge is -2.17. The van der Waals surface area contributed by atoms with Crippen molar-refractivity contribution in [1.29, 1.82) is 0 Å². The number of halogens is 1. The Hall–Kier alpha value is -2.66. The number of aromatic nitrogens is 1. The predicted octanol–water partition coefficient (Wildman–Crippen LogP) is 3.87. The fourth-order valence-electron chi connectivity index (χ4n) is 2.39. The molecule has 1 atom stereocenters. The largest absolute Gasteiger partial charge is 0.493 e. The topological polar surface area (TPSA) is 51.6 Å². The molecule has 1 unspecified atom stereocenters. The molecule has 5 heteroatoms. The van der Waals surface area contributed by atoms with E-state index in [0.29, 0.717) is 17.9 Å². The molecule has 1 N–H and O–H groups in total. The van der Waals surface area contributed by atoms with E-state index in [0.717, 1.165) is 10.9 Å². The Morgan fingerprint density at radius 1 is 1.00 bits per heavy atom. The number of benzene rings is 2. The van der Waals surface area contributed by atoms with Crippen LogP contribution in [-0.2, 0) is 11.3 Å². The minimum atomic E-state index is -0.701. The molecule has 0 fully saturated rings. The second-order valence-electron chi connectivity index (χ2n) is 5.39. The van der Waals surface area contributed by atoms with Crippen LogP contribution in [-0.4, -0.2) is 29.5 Å². The van der Waals surface area contributed by atoms with E-state index in [-0.39, 0.29) is 12.5 Å². The van der Waals surface area contributed by atoms with Crippen LogP contribution in [0.1, 0.15) is 5.56 Å². The second kappa shape index (κ2) is 7.75. The quantitative estimate of drug-likeness (QED) is 0.715. The monoisotopic (exact) mass is 327 g/mol. The number of aromatic hydroxyl groups is 1. The number of alkyl halides is 1. The zero-order valence-electron chi connectivity index (χ0n) is 13.1. The van der Waals surface area contributed by atoms with Gasteiger partial charge in [-0.05, 0) is 23.8 Å². The van der Waals surface area contributed by atoms with Gasteiger partial charge in [0, 0.05) is 11.5 Å². The average Bonchev–Trinajstić information content (AvgIpc) is 2.61. The number of pyridine rings is 1. The van der Waals surface area contributed by atoms with Crippen LogP contribution in [0.25, 0.3) is 10.9 Å². The Bertz CT molecular complexity index is 795. The highest BCUT2D eigenvalue weighted by Crippen LogP contribution is 2.26. The Morgan fingerprint density at radius 2 is 1.83 bits per heavy atom. The maximum absolute atomic E-state index is 13.3. The van der Waals surface area contributed by atoms with Crippen molar-refractivity contribution in [2.45, 2.75) is 12.7 Å². The number of fused-ring (bicyclic) bond motifs is 1. The Kier molecular flexibility index (Phi) is 5.23. The fourth-order valence-corrected chi connectivity index (χ4v) is 2.39. The first kappa shape index (κ1) is 16.2. The van der Waals surface area contributed by atoms with Gasteiger partial charge >= 0.3 is 0 Å². The minimum absolute atomic E-state index is 0.0621. The molecular weight excluding hydrogens is 309 g/mol. The molecule has 0 spiro atoms. The lowest BCUT2D eigenvalue weighted by molar-refractivity contribution is 0.0304. The van der Waals surface area contributed by atoms with Gasteiger partial charge in [-0.1, -0.05) is 36.4 Å². The van der Waals surface area contributed by atoms with E-state index in [2.05, 4.69) is 4.98 Å². The summed E-state index contributed by atoms with van der Waals surface area (Å²) in [4.78, 5) is 4.02. The van der Waals surface area contributed by atoms with Crippen molar-refractivity contribution in [2.24, 2.45) is 0 Å². The molecule has 24 heavy (non-hydrogen) atoms. The smallest absolute Gasteiger partial charge is 0.211 e. The van der Waals surface area contributed by atoms with Crippen molar-refractivity contribution in [3.05, 3.63) is 66.2 Å². The van der Waals surface area contributed by atoms with Crippen molar-refractivity contribution < 1.29 is 19.0 Å². The summed E-state index contributed by atoms with van der Waals surface area (Å²) in [6.45, 7) is -0.102. The van der Waals surface area contributed by atoms with Gasteiger partial charge in [0.1, 0.15) is 12.4 Å². The van der Waals surface area contributed by atoms with Gasteiger partial charge in [-0.25, -0.2) is 9.37 Å². The molecule has 2 aromatic carbocycles. The molecule has 0 amide bonds. The third kappa shape index (κ3) is 4.00. The Balaban J connectivity index is 1.65. The van der Waals surface area contributed by atoms with Crippen molar-refractivity contribution in [3.8, 4) is 11.6 Å². The molecular formula is C19H18FNO3. The van der Waals surface area contributed by atoms with Crippen LogP contribution in [0, 0.1) is 0 Å². The van der Waals surface area contributed by atoms with Gasteiger partial charge in [-0.15, -0.1) is 0 Å². The summed E-state index contributed by atoms with van der Waals surface area (Å²) in [5.74, 6) is 0.457. The van der Waals surface area contributed by atoms with Crippen LogP contribution in [0.2, 0.25) is 0 Å². The molecule has 1 aromatic heterocycles. The summed E-state index contributed by atoms with van der Waals surface area (Å²) in [6.07, 6.45) is -0.701. The number of hydrogen-bond donors (Lipinski definition) is 1. The van der Waals surface area contributed by atoms with Gasteiger partial charge in [0.25, 0.3) is 0 Å². The summed E-state index contributed by atoms with van der Waals surface area (Å²) in [7, 11) is 0. The van der Waals surface area contributed by atoms with E-state index in [1.807, 2.05) is 30.3 Å². The third-order valence-corrected chi connectivity index (χ3v) is 3.56. The second-order valence-corrected chi connectivity index (χ2v) is 5.39. The third-order valence-electron chi connectivity index (χ3n) is 3.56. The SMILES string of the molecule is Oc1ccc2c(OC(CF)COCc3ccccc3)cccc2n1. The highest BCUT2D eigenvalue weighted by Gasteiger charge is 2.13. The van der Waals surface area contributed by atoms with Crippen LogP contribution in [0.3, 0.4) is 0 Å². The standard InChI is InChI=1S/C19H18FNO3/c20-11-15(13-23-12-14-5-2-1-3-6-14)24-18-8-4-7-17-16(18)9-10-19(22)21-17/h1-10,15H,11-13H2,(H,21,22). The molecule has 0 bridgehead atoms. The highest BCUT2D eigenvalue weighted by molar-refractivity contribution is 5.85. The van der Waals surface area contributed by atoms with Gasteiger partial charge in [0.15, 0.2) is 6.10 Å². The molecule has 0 radical (unpaired) electrons. The number of nitrogens with zero attached hydrogens (tertiary/aromatic N) is 1. The van der Waals surface area contributed by atoms with E-state index in [9.17, 15) is 9.50 Å². The first-order valence-electron chi connectivity index (χ1n) is 7.69. The van der Waals surface area contributed by atoms with E-state index >= 15 is 0 Å². The first-order valence-corrected chi connectivity index (χ1v) is 7.69. The fraction of sp³-hybridized carbons (Fsp3) is 0.211. The van der Waals surface area contributed by atoms with Crippen LogP contribution in [0.5, 0.6) is 11.6 Å². The molecule has 0 saturated heterocycles. The van der Waals surface area contributed by atoms with Crippen LogP contribution in [0.15, 0.2) is 60.7 Å². The summed E-state index contributed by atoms with van der Waals surface area (Å²) in [5.41, 5.74) is 1.62. The van der Waals surface area contributed by atoms with Crippen LogP contribution in [0.4, 0.5) is 4.39 Å².